The van der Waals surface area contributed by atoms with E-state index in [0.29, 0.717) is 5.88 Å². The van der Waals surface area contributed by atoms with Gasteiger partial charge in [0.15, 0.2) is 0 Å². The lowest BCUT2D eigenvalue weighted by atomic mass is 10.2. The van der Waals surface area contributed by atoms with Crippen LogP contribution in [0.2, 0.25) is 5.28 Å². The molecular weight excluding hydrogens is 190 g/mol. The Kier molecular flexibility index (Phi) is 3.45. The van der Waals surface area contributed by atoms with Crippen molar-refractivity contribution < 1.29 is 4.74 Å². The van der Waals surface area contributed by atoms with Gasteiger partial charge in [0.25, 0.3) is 0 Å². The molecule has 0 fully saturated rings. The molecule has 0 saturated heterocycles. The maximum Gasteiger partial charge on any atom is 0.225 e. The molecule has 2 atom stereocenters. The van der Waals surface area contributed by atoms with Crippen LogP contribution < -0.4 is 10.5 Å². The Bertz CT molecular complexity index is 280. The summed E-state index contributed by atoms with van der Waals surface area (Å²) in [6.07, 6.45) is 1.45. The van der Waals surface area contributed by atoms with Gasteiger partial charge in [-0.3, -0.25) is 0 Å². The summed E-state index contributed by atoms with van der Waals surface area (Å²) in [4.78, 5) is 7.61. The fraction of sp³-hybridized carbons (Fsp3) is 0.500. The summed E-state index contributed by atoms with van der Waals surface area (Å²) < 4.78 is 5.40. The van der Waals surface area contributed by atoms with Gasteiger partial charge in [-0.15, -0.1) is 0 Å². The predicted octanol–water partition coefficient (Wildman–Crippen LogP) is 1.24. The van der Waals surface area contributed by atoms with Crippen molar-refractivity contribution in [1.29, 1.82) is 0 Å². The Hall–Kier alpha value is -0.870. The molecule has 1 rings (SSSR count). The van der Waals surface area contributed by atoms with Gasteiger partial charge in [-0.25, -0.2) is 4.98 Å². The molecule has 13 heavy (non-hydrogen) atoms. The summed E-state index contributed by atoms with van der Waals surface area (Å²) in [5, 5.41) is 0.175. The third-order valence-corrected chi connectivity index (χ3v) is 1.83. The monoisotopic (exact) mass is 201 g/mol. The highest BCUT2D eigenvalue weighted by atomic mass is 35.5. The molecule has 0 bridgehead atoms. The Morgan fingerprint density at radius 2 is 2.23 bits per heavy atom. The first-order valence-corrected chi connectivity index (χ1v) is 4.38. The van der Waals surface area contributed by atoms with Crippen LogP contribution in [0.1, 0.15) is 13.8 Å². The molecule has 2 N–H and O–H groups in total. The van der Waals surface area contributed by atoms with Crippen molar-refractivity contribution in [3.63, 3.8) is 0 Å². The zero-order valence-corrected chi connectivity index (χ0v) is 8.32. The van der Waals surface area contributed by atoms with Gasteiger partial charge in [0.1, 0.15) is 6.10 Å². The van der Waals surface area contributed by atoms with Crippen molar-refractivity contribution >= 4 is 11.6 Å². The molecule has 1 unspecified atom stereocenters. The zero-order chi connectivity index (χ0) is 9.84. The lowest BCUT2D eigenvalue weighted by molar-refractivity contribution is 0.188. The molecule has 0 radical (unpaired) electrons. The summed E-state index contributed by atoms with van der Waals surface area (Å²) in [5.74, 6) is 0.449. The van der Waals surface area contributed by atoms with Crippen molar-refractivity contribution in [2.45, 2.75) is 26.0 Å². The highest BCUT2D eigenvalue weighted by Gasteiger charge is 2.09. The van der Waals surface area contributed by atoms with Crippen LogP contribution in [0, 0.1) is 0 Å². The largest absolute Gasteiger partial charge is 0.473 e. The molecule has 1 heterocycles. The molecule has 0 amide bonds. The minimum Gasteiger partial charge on any atom is -0.473 e. The Morgan fingerprint density at radius 3 is 2.77 bits per heavy atom. The predicted molar refractivity (Wildman–Crippen MR) is 50.8 cm³/mol. The number of hydrogen-bond donors (Lipinski definition) is 1. The summed E-state index contributed by atoms with van der Waals surface area (Å²) in [7, 11) is 0. The molecule has 4 nitrogen and oxygen atoms in total. The summed E-state index contributed by atoms with van der Waals surface area (Å²) in [6, 6.07) is 1.60. The lowest BCUT2D eigenvalue weighted by Gasteiger charge is -2.16. The molecule has 0 spiro atoms. The van der Waals surface area contributed by atoms with Gasteiger partial charge in [0, 0.05) is 18.3 Å². The average molecular weight is 202 g/mol. The zero-order valence-electron chi connectivity index (χ0n) is 7.57. The highest BCUT2D eigenvalue weighted by Crippen LogP contribution is 2.10. The lowest BCUT2D eigenvalue weighted by Crippen LogP contribution is -2.33. The van der Waals surface area contributed by atoms with E-state index in [1.807, 2.05) is 13.8 Å². The molecule has 5 heteroatoms. The van der Waals surface area contributed by atoms with E-state index in [4.69, 9.17) is 22.1 Å². The van der Waals surface area contributed by atoms with Crippen molar-refractivity contribution in [3.05, 3.63) is 17.5 Å². The van der Waals surface area contributed by atoms with Crippen LogP contribution in [-0.4, -0.2) is 22.1 Å². The van der Waals surface area contributed by atoms with Gasteiger partial charge in [-0.1, -0.05) is 0 Å². The minimum absolute atomic E-state index is 0.0475. The van der Waals surface area contributed by atoms with Crippen LogP contribution in [-0.2, 0) is 0 Å². The normalized spacial score (nSPS) is 15.1. The van der Waals surface area contributed by atoms with E-state index in [2.05, 4.69) is 9.97 Å². The molecule has 0 aliphatic rings. The van der Waals surface area contributed by atoms with Crippen LogP contribution in [0.3, 0.4) is 0 Å². The quantitative estimate of drug-likeness (QED) is 0.748. The maximum absolute atomic E-state index is 5.62. The van der Waals surface area contributed by atoms with E-state index in [-0.39, 0.29) is 17.4 Å². The molecule has 1 aromatic rings. The number of ether oxygens (including phenoxy) is 1. The van der Waals surface area contributed by atoms with E-state index < -0.39 is 0 Å². The van der Waals surface area contributed by atoms with Gasteiger partial charge in [-0.05, 0) is 25.4 Å². The fourth-order valence-corrected chi connectivity index (χ4v) is 0.823. The van der Waals surface area contributed by atoms with Crippen molar-refractivity contribution in [1.82, 2.24) is 9.97 Å². The van der Waals surface area contributed by atoms with E-state index >= 15 is 0 Å². The second kappa shape index (κ2) is 4.39. The smallest absolute Gasteiger partial charge is 0.225 e. The van der Waals surface area contributed by atoms with Gasteiger partial charge < -0.3 is 10.5 Å². The second-order valence-corrected chi connectivity index (χ2v) is 3.18. The topological polar surface area (TPSA) is 61.0 Å². The van der Waals surface area contributed by atoms with Crippen molar-refractivity contribution in [3.8, 4) is 5.88 Å². The molecule has 0 saturated carbocycles. The van der Waals surface area contributed by atoms with Crippen LogP contribution in [0.25, 0.3) is 0 Å². The Morgan fingerprint density at radius 1 is 1.54 bits per heavy atom. The number of nitrogens with two attached hydrogens (primary N) is 1. The van der Waals surface area contributed by atoms with Gasteiger partial charge >= 0.3 is 0 Å². The van der Waals surface area contributed by atoms with Crippen LogP contribution in [0.5, 0.6) is 5.88 Å². The van der Waals surface area contributed by atoms with Crippen molar-refractivity contribution in [2.75, 3.05) is 0 Å². The minimum atomic E-state index is -0.0917. The number of rotatable bonds is 3. The standard InChI is InChI=1S/C8H12ClN3O/c1-5(10)6(2)13-7-3-4-11-8(9)12-7/h3-6H,10H2,1-2H3/t5?,6-/m0/s1. The molecular formula is C8H12ClN3O. The summed E-state index contributed by atoms with van der Waals surface area (Å²) in [5.41, 5.74) is 5.62. The Labute approximate surface area is 82.1 Å². The first-order chi connectivity index (χ1) is 6.09. The van der Waals surface area contributed by atoms with Gasteiger partial charge in [0.05, 0.1) is 0 Å². The first-order valence-electron chi connectivity index (χ1n) is 4.00. The van der Waals surface area contributed by atoms with Gasteiger partial charge in [-0.2, -0.15) is 4.98 Å². The van der Waals surface area contributed by atoms with Crippen molar-refractivity contribution in [2.24, 2.45) is 5.73 Å². The van der Waals surface area contributed by atoms with Crippen LogP contribution in [0.15, 0.2) is 12.3 Å². The molecule has 1 aromatic heterocycles. The maximum atomic E-state index is 5.62. The summed E-state index contributed by atoms with van der Waals surface area (Å²) >= 11 is 5.57. The molecule has 0 aliphatic carbocycles. The van der Waals surface area contributed by atoms with E-state index in [9.17, 15) is 0 Å². The van der Waals surface area contributed by atoms with Crippen LogP contribution >= 0.6 is 11.6 Å². The third-order valence-electron chi connectivity index (χ3n) is 1.65. The first kappa shape index (κ1) is 10.2. The number of aromatic nitrogens is 2. The Balaban J connectivity index is 2.64. The number of halogens is 1. The number of nitrogens with zero attached hydrogens (tertiary/aromatic N) is 2. The molecule has 72 valence electrons. The van der Waals surface area contributed by atoms with Crippen LogP contribution in [0.4, 0.5) is 0 Å². The SMILES string of the molecule is CC(N)[C@H](C)Oc1ccnc(Cl)n1. The summed E-state index contributed by atoms with van der Waals surface area (Å²) in [6.45, 7) is 3.74. The van der Waals surface area contributed by atoms with E-state index in [1.54, 1.807) is 12.3 Å². The highest BCUT2D eigenvalue weighted by molar-refractivity contribution is 6.28. The molecule has 0 aliphatic heterocycles. The number of hydrogen-bond acceptors (Lipinski definition) is 4. The molecule has 0 aromatic carbocycles. The second-order valence-electron chi connectivity index (χ2n) is 2.85. The van der Waals surface area contributed by atoms with E-state index in [1.165, 1.54) is 0 Å². The van der Waals surface area contributed by atoms with E-state index in [0.717, 1.165) is 0 Å². The third kappa shape index (κ3) is 3.16. The fourth-order valence-electron chi connectivity index (χ4n) is 0.683. The van der Waals surface area contributed by atoms with Gasteiger partial charge in [0.2, 0.25) is 11.2 Å². The average Bonchev–Trinajstić information content (AvgIpc) is 2.04.